The first kappa shape index (κ1) is 21.8. The van der Waals surface area contributed by atoms with Crippen molar-refractivity contribution in [3.8, 4) is 0 Å². The summed E-state index contributed by atoms with van der Waals surface area (Å²) >= 11 is 5.99. The van der Waals surface area contributed by atoms with E-state index in [1.54, 1.807) is 24.3 Å². The second-order valence-corrected chi connectivity index (χ2v) is 6.21. The zero-order chi connectivity index (χ0) is 16.6. The minimum Gasteiger partial charge on any atom is -0.346 e. The number of benzene rings is 1. The van der Waals surface area contributed by atoms with Crippen molar-refractivity contribution < 1.29 is 13.6 Å². The first-order valence-electron chi connectivity index (χ1n) is 7.36. The Bertz CT molecular complexity index is 770. The van der Waals surface area contributed by atoms with Gasteiger partial charge in [0, 0.05) is 22.0 Å². The number of nitrogens with zero attached hydrogens (tertiary/aromatic N) is 1. The van der Waals surface area contributed by atoms with Crippen LogP contribution < -0.4 is 11.1 Å². The monoisotopic (exact) mass is 411 g/mol. The molecule has 0 unspecified atom stereocenters. The SMILES string of the molecule is Cl.Cl.NCC(F)(F)CNC(=O)c1cc(C2CC2)nc2ccc(Cl)cc12. The standard InChI is InChI=1S/C16H16ClF2N3O.2ClH/c17-10-3-4-13-11(5-10)12(6-14(22-13)9-1-2-9)15(23)21-8-16(18,19)7-20;;/h3-6,9H,1-2,7-8,20H2,(H,21,23);2*1H. The van der Waals surface area contributed by atoms with E-state index in [9.17, 15) is 13.6 Å². The van der Waals surface area contributed by atoms with Gasteiger partial charge in [0.2, 0.25) is 0 Å². The van der Waals surface area contributed by atoms with Crippen molar-refractivity contribution in [2.24, 2.45) is 5.73 Å². The van der Waals surface area contributed by atoms with Crippen LogP contribution in [0.15, 0.2) is 24.3 Å². The van der Waals surface area contributed by atoms with Crippen LogP contribution in [0.4, 0.5) is 8.78 Å². The fraction of sp³-hybridized carbons (Fsp3) is 0.375. The van der Waals surface area contributed by atoms with Gasteiger partial charge in [0.1, 0.15) is 0 Å². The molecule has 0 spiro atoms. The average molecular weight is 413 g/mol. The number of alkyl halides is 2. The van der Waals surface area contributed by atoms with Crippen molar-refractivity contribution in [1.29, 1.82) is 0 Å². The molecule has 1 fully saturated rings. The molecule has 3 rings (SSSR count). The van der Waals surface area contributed by atoms with Crippen molar-refractivity contribution in [3.63, 3.8) is 0 Å². The van der Waals surface area contributed by atoms with E-state index >= 15 is 0 Å². The van der Waals surface area contributed by atoms with Crippen LogP contribution in [0.5, 0.6) is 0 Å². The number of hydrogen-bond acceptors (Lipinski definition) is 3. The Morgan fingerprint density at radius 2 is 2.00 bits per heavy atom. The molecule has 1 aromatic heterocycles. The summed E-state index contributed by atoms with van der Waals surface area (Å²) in [6, 6.07) is 6.72. The van der Waals surface area contributed by atoms with Gasteiger partial charge in [-0.2, -0.15) is 0 Å². The number of aromatic nitrogens is 1. The van der Waals surface area contributed by atoms with E-state index in [0.29, 0.717) is 27.4 Å². The molecule has 4 nitrogen and oxygen atoms in total. The number of nitrogens with two attached hydrogens (primary N) is 1. The zero-order valence-corrected chi connectivity index (χ0v) is 15.5. The minimum atomic E-state index is -3.13. The van der Waals surface area contributed by atoms with E-state index in [1.165, 1.54) is 0 Å². The molecule has 25 heavy (non-hydrogen) atoms. The number of carbonyl (C=O) groups is 1. The predicted molar refractivity (Wildman–Crippen MR) is 99.6 cm³/mol. The van der Waals surface area contributed by atoms with Crippen LogP contribution in [0.25, 0.3) is 10.9 Å². The Kier molecular flexibility index (Phi) is 7.38. The highest BCUT2D eigenvalue weighted by Gasteiger charge is 2.29. The van der Waals surface area contributed by atoms with Gasteiger partial charge in [-0.3, -0.25) is 9.78 Å². The summed E-state index contributed by atoms with van der Waals surface area (Å²) in [5, 5.41) is 3.26. The number of nitrogens with one attached hydrogen (secondary N) is 1. The molecular formula is C16H18Cl3F2N3O. The van der Waals surface area contributed by atoms with Crippen LogP contribution in [-0.2, 0) is 0 Å². The van der Waals surface area contributed by atoms with Gasteiger partial charge in [0.25, 0.3) is 11.8 Å². The van der Waals surface area contributed by atoms with Gasteiger partial charge in [-0.05, 0) is 37.1 Å². The van der Waals surface area contributed by atoms with Gasteiger partial charge in [-0.1, -0.05) is 11.6 Å². The zero-order valence-electron chi connectivity index (χ0n) is 13.1. The minimum absolute atomic E-state index is 0. The van der Waals surface area contributed by atoms with E-state index in [1.807, 2.05) is 0 Å². The van der Waals surface area contributed by atoms with Gasteiger partial charge in [-0.15, -0.1) is 24.8 Å². The predicted octanol–water partition coefficient (Wildman–Crippen LogP) is 3.93. The number of hydrogen-bond donors (Lipinski definition) is 2. The molecule has 138 valence electrons. The molecule has 1 heterocycles. The molecule has 1 saturated carbocycles. The number of fused-ring (bicyclic) bond motifs is 1. The maximum absolute atomic E-state index is 13.3. The average Bonchev–Trinajstić information content (AvgIpc) is 3.36. The quantitative estimate of drug-likeness (QED) is 0.782. The highest BCUT2D eigenvalue weighted by atomic mass is 35.5. The molecule has 0 saturated heterocycles. The molecule has 0 atom stereocenters. The Morgan fingerprint density at radius 3 is 2.60 bits per heavy atom. The highest BCUT2D eigenvalue weighted by molar-refractivity contribution is 6.31. The van der Waals surface area contributed by atoms with Crippen LogP contribution >= 0.6 is 36.4 Å². The second kappa shape index (κ2) is 8.45. The summed E-state index contributed by atoms with van der Waals surface area (Å²) < 4.78 is 26.5. The Morgan fingerprint density at radius 1 is 1.32 bits per heavy atom. The van der Waals surface area contributed by atoms with Crippen LogP contribution in [0.1, 0.15) is 34.8 Å². The van der Waals surface area contributed by atoms with Crippen molar-refractivity contribution >= 4 is 53.2 Å². The first-order chi connectivity index (χ1) is 10.9. The number of halogens is 5. The lowest BCUT2D eigenvalue weighted by molar-refractivity contribution is 0.0119. The molecule has 0 radical (unpaired) electrons. The third kappa shape index (κ3) is 5.14. The van der Waals surface area contributed by atoms with Crippen molar-refractivity contribution in [2.75, 3.05) is 13.1 Å². The van der Waals surface area contributed by atoms with E-state index in [4.69, 9.17) is 17.3 Å². The lowest BCUT2D eigenvalue weighted by atomic mass is 10.1. The number of rotatable bonds is 5. The normalized spacial score (nSPS) is 13.8. The van der Waals surface area contributed by atoms with Crippen molar-refractivity contribution in [1.82, 2.24) is 10.3 Å². The van der Waals surface area contributed by atoms with Crippen LogP contribution in [0.2, 0.25) is 5.02 Å². The van der Waals surface area contributed by atoms with Gasteiger partial charge in [-0.25, -0.2) is 8.78 Å². The van der Waals surface area contributed by atoms with Crippen LogP contribution in [-0.4, -0.2) is 29.9 Å². The highest BCUT2D eigenvalue weighted by Crippen LogP contribution is 2.40. The third-order valence-corrected chi connectivity index (χ3v) is 4.07. The molecule has 1 aliphatic rings. The third-order valence-electron chi connectivity index (χ3n) is 3.84. The molecule has 9 heteroatoms. The number of pyridine rings is 1. The summed E-state index contributed by atoms with van der Waals surface area (Å²) in [6.07, 6.45) is 2.05. The molecule has 2 aromatic rings. The molecule has 1 aliphatic carbocycles. The van der Waals surface area contributed by atoms with Crippen LogP contribution in [0.3, 0.4) is 0 Å². The Hall–Kier alpha value is -1.21. The van der Waals surface area contributed by atoms with Gasteiger partial charge in [0.15, 0.2) is 0 Å². The van der Waals surface area contributed by atoms with E-state index in [2.05, 4.69) is 10.3 Å². The summed E-state index contributed by atoms with van der Waals surface area (Å²) in [7, 11) is 0. The fourth-order valence-corrected chi connectivity index (χ4v) is 2.54. The number of amides is 1. The van der Waals surface area contributed by atoms with Gasteiger partial charge in [0.05, 0.1) is 24.2 Å². The number of carbonyl (C=O) groups excluding carboxylic acids is 1. The van der Waals surface area contributed by atoms with Crippen molar-refractivity contribution in [2.45, 2.75) is 24.7 Å². The molecule has 1 amide bonds. The molecular weight excluding hydrogens is 395 g/mol. The largest absolute Gasteiger partial charge is 0.346 e. The maximum atomic E-state index is 13.3. The lowest BCUT2D eigenvalue weighted by Gasteiger charge is -2.15. The maximum Gasteiger partial charge on any atom is 0.277 e. The van der Waals surface area contributed by atoms with Crippen molar-refractivity contribution in [3.05, 3.63) is 40.5 Å². The van der Waals surface area contributed by atoms with Crippen LogP contribution in [0, 0.1) is 0 Å². The summed E-state index contributed by atoms with van der Waals surface area (Å²) in [4.78, 5) is 16.9. The summed E-state index contributed by atoms with van der Waals surface area (Å²) in [5.74, 6) is -3.36. The lowest BCUT2D eigenvalue weighted by Crippen LogP contribution is -2.41. The second-order valence-electron chi connectivity index (χ2n) is 5.77. The van der Waals surface area contributed by atoms with Gasteiger partial charge < -0.3 is 11.1 Å². The molecule has 0 aliphatic heterocycles. The van der Waals surface area contributed by atoms with E-state index in [0.717, 1.165) is 18.5 Å². The first-order valence-corrected chi connectivity index (χ1v) is 7.74. The Labute approximate surface area is 161 Å². The summed E-state index contributed by atoms with van der Waals surface area (Å²) in [6.45, 7) is -1.62. The molecule has 1 aromatic carbocycles. The van der Waals surface area contributed by atoms with Gasteiger partial charge >= 0.3 is 0 Å². The summed E-state index contributed by atoms with van der Waals surface area (Å²) in [5.41, 5.74) is 6.75. The molecule has 0 bridgehead atoms. The molecule has 3 N–H and O–H groups in total. The van der Waals surface area contributed by atoms with E-state index < -0.39 is 24.9 Å². The Balaban J connectivity index is 0.00000156. The van der Waals surface area contributed by atoms with E-state index in [-0.39, 0.29) is 24.8 Å². The smallest absolute Gasteiger partial charge is 0.277 e. The topological polar surface area (TPSA) is 68.0 Å². The fourth-order valence-electron chi connectivity index (χ4n) is 2.37.